The van der Waals surface area contributed by atoms with Crippen LogP contribution in [0.1, 0.15) is 24.1 Å². The predicted octanol–water partition coefficient (Wildman–Crippen LogP) is 3.41. The Balaban J connectivity index is 2.06. The Labute approximate surface area is 132 Å². The zero-order chi connectivity index (χ0) is 16.8. The number of hydrogen-bond acceptors (Lipinski definition) is 2. The Hall–Kier alpha value is -1.86. The molecule has 1 aliphatic heterocycles. The lowest BCUT2D eigenvalue weighted by molar-refractivity contribution is 0.323. The molecule has 7 heteroatoms. The van der Waals surface area contributed by atoms with Crippen molar-refractivity contribution in [3.8, 4) is 0 Å². The molecule has 3 rings (SSSR count). The van der Waals surface area contributed by atoms with Gasteiger partial charge in [0.05, 0.1) is 0 Å². The van der Waals surface area contributed by atoms with E-state index >= 15 is 0 Å². The van der Waals surface area contributed by atoms with Crippen LogP contribution < -0.4 is 0 Å². The Morgan fingerprint density at radius 1 is 1.04 bits per heavy atom. The summed E-state index contributed by atoms with van der Waals surface area (Å²) >= 11 is 0. The molecule has 0 saturated carbocycles. The fraction of sp³-hybridized carbons (Fsp3) is 0.250. The maximum atomic E-state index is 13.9. The maximum Gasteiger partial charge on any atom is 0.246 e. The summed E-state index contributed by atoms with van der Waals surface area (Å²) in [6.45, 7) is 1.73. The van der Waals surface area contributed by atoms with Crippen molar-refractivity contribution in [1.82, 2.24) is 4.31 Å². The molecule has 23 heavy (non-hydrogen) atoms. The molecule has 2 aromatic carbocycles. The quantitative estimate of drug-likeness (QED) is 0.839. The second-order valence-electron chi connectivity index (χ2n) is 5.46. The Morgan fingerprint density at radius 3 is 2.43 bits per heavy atom. The Morgan fingerprint density at radius 2 is 1.70 bits per heavy atom. The van der Waals surface area contributed by atoms with Crippen LogP contribution in [-0.2, 0) is 16.4 Å². The van der Waals surface area contributed by atoms with Gasteiger partial charge in [-0.05, 0) is 54.8 Å². The highest BCUT2D eigenvalue weighted by atomic mass is 32.2. The molecule has 0 aliphatic carbocycles. The van der Waals surface area contributed by atoms with E-state index in [0.29, 0.717) is 18.1 Å². The number of nitrogens with zero attached hydrogens (tertiary/aromatic N) is 1. The van der Waals surface area contributed by atoms with Crippen LogP contribution in [-0.4, -0.2) is 19.3 Å². The van der Waals surface area contributed by atoms with E-state index in [1.807, 2.05) is 0 Å². The average Bonchev–Trinajstić information content (AvgIpc) is 2.50. The molecule has 1 aliphatic rings. The molecular formula is C16H14F3NO2S. The molecular weight excluding hydrogens is 327 g/mol. The normalized spacial score (nSPS) is 18.7. The van der Waals surface area contributed by atoms with Gasteiger partial charge in [-0.2, -0.15) is 4.31 Å². The predicted molar refractivity (Wildman–Crippen MR) is 78.8 cm³/mol. The standard InChI is InChI=1S/C16H14F3NO2S/c1-10-14-8-12(17)3-2-11(14)6-7-20(10)23(21,22)16-9-13(18)4-5-15(16)19/h2-5,8-10H,6-7H2,1H3. The smallest absolute Gasteiger partial charge is 0.207 e. The zero-order valence-corrected chi connectivity index (χ0v) is 13.1. The summed E-state index contributed by atoms with van der Waals surface area (Å²) < 4.78 is 67.1. The number of halogens is 3. The van der Waals surface area contributed by atoms with E-state index in [9.17, 15) is 21.6 Å². The molecule has 0 fully saturated rings. The largest absolute Gasteiger partial charge is 0.246 e. The number of hydrogen-bond donors (Lipinski definition) is 0. The maximum absolute atomic E-state index is 13.9. The monoisotopic (exact) mass is 341 g/mol. The van der Waals surface area contributed by atoms with E-state index < -0.39 is 38.4 Å². The highest BCUT2D eigenvalue weighted by Gasteiger charge is 2.35. The SMILES string of the molecule is CC1c2cc(F)ccc2CCN1S(=O)(=O)c1cc(F)ccc1F. The average molecular weight is 341 g/mol. The molecule has 1 heterocycles. The highest BCUT2D eigenvalue weighted by molar-refractivity contribution is 7.89. The van der Waals surface area contributed by atoms with Crippen molar-refractivity contribution in [2.24, 2.45) is 0 Å². The molecule has 0 bridgehead atoms. The van der Waals surface area contributed by atoms with Crippen molar-refractivity contribution in [2.75, 3.05) is 6.54 Å². The van der Waals surface area contributed by atoms with Crippen molar-refractivity contribution in [1.29, 1.82) is 0 Å². The molecule has 0 N–H and O–H groups in total. The molecule has 1 atom stereocenters. The fourth-order valence-corrected chi connectivity index (χ4v) is 4.58. The molecule has 0 amide bonds. The van der Waals surface area contributed by atoms with E-state index in [-0.39, 0.29) is 6.54 Å². The third-order valence-electron chi connectivity index (χ3n) is 4.07. The van der Waals surface area contributed by atoms with Gasteiger partial charge in [0.1, 0.15) is 22.3 Å². The summed E-state index contributed by atoms with van der Waals surface area (Å²) in [5, 5.41) is 0. The van der Waals surface area contributed by atoms with E-state index in [1.165, 1.54) is 12.1 Å². The first kappa shape index (κ1) is 16.0. The molecule has 0 radical (unpaired) electrons. The molecule has 0 aromatic heterocycles. The van der Waals surface area contributed by atoms with Gasteiger partial charge in [0.15, 0.2) is 0 Å². The third-order valence-corrected chi connectivity index (χ3v) is 6.06. The van der Waals surface area contributed by atoms with Crippen LogP contribution in [0.4, 0.5) is 13.2 Å². The minimum absolute atomic E-state index is 0.123. The molecule has 1 unspecified atom stereocenters. The number of rotatable bonds is 2. The lowest BCUT2D eigenvalue weighted by atomic mass is 9.95. The first-order valence-electron chi connectivity index (χ1n) is 7.06. The van der Waals surface area contributed by atoms with Crippen LogP contribution in [0, 0.1) is 17.5 Å². The number of benzene rings is 2. The summed E-state index contributed by atoms with van der Waals surface area (Å²) in [5.41, 5.74) is 1.39. The molecule has 0 saturated heterocycles. The second kappa shape index (κ2) is 5.65. The van der Waals surface area contributed by atoms with Gasteiger partial charge in [0.2, 0.25) is 10.0 Å². The van der Waals surface area contributed by atoms with Crippen LogP contribution in [0.3, 0.4) is 0 Å². The molecule has 3 nitrogen and oxygen atoms in total. The van der Waals surface area contributed by atoms with Crippen molar-refractivity contribution in [3.63, 3.8) is 0 Å². The number of sulfonamides is 1. The summed E-state index contributed by atoms with van der Waals surface area (Å²) in [7, 11) is -4.22. The van der Waals surface area contributed by atoms with E-state index in [4.69, 9.17) is 0 Å². The van der Waals surface area contributed by atoms with Crippen LogP contribution in [0.15, 0.2) is 41.3 Å². The minimum atomic E-state index is -4.22. The van der Waals surface area contributed by atoms with Gasteiger partial charge in [0.25, 0.3) is 0 Å². The van der Waals surface area contributed by atoms with Crippen molar-refractivity contribution < 1.29 is 21.6 Å². The summed E-state index contributed by atoms with van der Waals surface area (Å²) in [6, 6.07) is 5.86. The van der Waals surface area contributed by atoms with Crippen LogP contribution >= 0.6 is 0 Å². The summed E-state index contributed by atoms with van der Waals surface area (Å²) in [4.78, 5) is -0.704. The van der Waals surface area contributed by atoms with Crippen LogP contribution in [0.2, 0.25) is 0 Å². The minimum Gasteiger partial charge on any atom is -0.207 e. The van der Waals surface area contributed by atoms with Crippen LogP contribution in [0.25, 0.3) is 0 Å². The van der Waals surface area contributed by atoms with Gasteiger partial charge in [-0.25, -0.2) is 21.6 Å². The van der Waals surface area contributed by atoms with E-state index in [1.54, 1.807) is 13.0 Å². The third kappa shape index (κ3) is 2.74. The molecule has 0 spiro atoms. The highest BCUT2D eigenvalue weighted by Crippen LogP contribution is 2.34. The summed E-state index contributed by atoms with van der Waals surface area (Å²) in [6.07, 6.45) is 0.385. The van der Waals surface area contributed by atoms with E-state index in [2.05, 4.69) is 0 Å². The van der Waals surface area contributed by atoms with Crippen molar-refractivity contribution >= 4 is 10.0 Å². The van der Waals surface area contributed by atoms with Gasteiger partial charge in [-0.3, -0.25) is 0 Å². The van der Waals surface area contributed by atoms with Gasteiger partial charge >= 0.3 is 0 Å². The first-order valence-corrected chi connectivity index (χ1v) is 8.50. The lowest BCUT2D eigenvalue weighted by Gasteiger charge is -2.34. The summed E-state index contributed by atoms with van der Waals surface area (Å²) in [5.74, 6) is -2.31. The Bertz CT molecular complexity index is 868. The van der Waals surface area contributed by atoms with E-state index in [0.717, 1.165) is 22.0 Å². The fourth-order valence-electron chi connectivity index (χ4n) is 2.89. The first-order chi connectivity index (χ1) is 10.8. The van der Waals surface area contributed by atoms with Crippen molar-refractivity contribution in [3.05, 3.63) is 65.0 Å². The molecule has 2 aromatic rings. The second-order valence-corrected chi connectivity index (χ2v) is 7.32. The zero-order valence-electron chi connectivity index (χ0n) is 12.3. The van der Waals surface area contributed by atoms with Gasteiger partial charge < -0.3 is 0 Å². The topological polar surface area (TPSA) is 37.4 Å². The Kier molecular flexibility index (Phi) is 3.93. The van der Waals surface area contributed by atoms with Gasteiger partial charge in [0, 0.05) is 12.6 Å². The van der Waals surface area contributed by atoms with Gasteiger partial charge in [-0.1, -0.05) is 6.07 Å². The van der Waals surface area contributed by atoms with Crippen LogP contribution in [0.5, 0.6) is 0 Å². The van der Waals surface area contributed by atoms with Gasteiger partial charge in [-0.15, -0.1) is 0 Å². The van der Waals surface area contributed by atoms with Crippen molar-refractivity contribution in [2.45, 2.75) is 24.3 Å². The number of fused-ring (bicyclic) bond motifs is 1. The molecule has 122 valence electrons. The lowest BCUT2D eigenvalue weighted by Crippen LogP contribution is -2.39.